The van der Waals surface area contributed by atoms with Crippen molar-refractivity contribution in [1.82, 2.24) is 9.78 Å². The van der Waals surface area contributed by atoms with E-state index in [9.17, 15) is 0 Å². The van der Waals surface area contributed by atoms with Crippen LogP contribution in [0.25, 0.3) is 5.69 Å². The molecular weight excluding hydrogens is 222 g/mol. The van der Waals surface area contributed by atoms with Gasteiger partial charge in [-0.1, -0.05) is 22.4 Å². The number of nitrogens with zero attached hydrogens (tertiary/aromatic N) is 3. The molecule has 1 aromatic heterocycles. The lowest BCUT2D eigenvalue weighted by Gasteiger charge is -2.06. The zero-order chi connectivity index (χ0) is 12.9. The highest BCUT2D eigenvalue weighted by molar-refractivity contribution is 5.48. The van der Waals surface area contributed by atoms with Gasteiger partial charge in [-0.15, -0.1) is 0 Å². The lowest BCUT2D eigenvalue weighted by molar-refractivity contribution is -0.713. The molecular formula is C15H20N3+. The molecule has 2 heterocycles. The highest BCUT2D eigenvalue weighted by Gasteiger charge is 2.29. The molecule has 0 aliphatic carbocycles. The molecule has 0 N–H and O–H groups in total. The number of rotatable bonds is 1. The lowest BCUT2D eigenvalue weighted by atomic mass is 10.1. The van der Waals surface area contributed by atoms with Gasteiger partial charge in [0.05, 0.1) is 6.04 Å². The van der Waals surface area contributed by atoms with Crippen LogP contribution in [-0.4, -0.2) is 9.78 Å². The van der Waals surface area contributed by atoms with Gasteiger partial charge in [-0.05, 0) is 45.2 Å². The SMILES string of the molecule is Cc1cc(C)c(-n2c[n+]3c(n2)CC[C@H]3C)c(C)c1. The highest BCUT2D eigenvalue weighted by Crippen LogP contribution is 2.22. The Morgan fingerprint density at radius 3 is 2.50 bits per heavy atom. The van der Waals surface area contributed by atoms with Crippen LogP contribution in [0.15, 0.2) is 18.5 Å². The summed E-state index contributed by atoms with van der Waals surface area (Å²) >= 11 is 0. The Bertz CT molecular complexity index is 587. The Hall–Kier alpha value is -1.64. The van der Waals surface area contributed by atoms with Crippen LogP contribution in [0.3, 0.4) is 0 Å². The number of hydrogen-bond donors (Lipinski definition) is 0. The lowest BCUT2D eigenvalue weighted by Crippen LogP contribution is -2.34. The second kappa shape index (κ2) is 3.94. The topological polar surface area (TPSA) is 21.7 Å². The molecule has 0 saturated carbocycles. The van der Waals surface area contributed by atoms with Crippen LogP contribution < -0.4 is 4.57 Å². The third kappa shape index (κ3) is 1.65. The standard InChI is InChI=1S/C15H20N3/c1-10-7-11(2)15(12(3)8-10)18-9-17-13(4)5-6-14(17)16-18/h7-9,13H,5-6H2,1-4H3/q+1/t13-/m1/s1. The monoisotopic (exact) mass is 242 g/mol. The largest absolute Gasteiger partial charge is 0.278 e. The van der Waals surface area contributed by atoms with Crippen molar-refractivity contribution >= 4 is 0 Å². The summed E-state index contributed by atoms with van der Waals surface area (Å²) in [5.74, 6) is 1.21. The minimum absolute atomic E-state index is 0.583. The van der Waals surface area contributed by atoms with Crippen molar-refractivity contribution in [2.45, 2.75) is 46.6 Å². The fraction of sp³-hybridized carbons (Fsp3) is 0.467. The van der Waals surface area contributed by atoms with E-state index in [0.29, 0.717) is 6.04 Å². The van der Waals surface area contributed by atoms with Gasteiger partial charge in [0.25, 0.3) is 5.82 Å². The van der Waals surface area contributed by atoms with Gasteiger partial charge < -0.3 is 0 Å². The van der Waals surface area contributed by atoms with Gasteiger partial charge in [-0.3, -0.25) is 0 Å². The predicted octanol–water partition coefficient (Wildman–Crippen LogP) is 2.59. The van der Waals surface area contributed by atoms with Crippen LogP contribution in [0.1, 0.15) is 41.9 Å². The fourth-order valence-corrected chi connectivity index (χ4v) is 3.05. The molecule has 2 aromatic rings. The number of hydrogen-bond acceptors (Lipinski definition) is 1. The van der Waals surface area contributed by atoms with Crippen LogP contribution in [0.2, 0.25) is 0 Å². The van der Waals surface area contributed by atoms with Crippen LogP contribution in [0, 0.1) is 20.8 Å². The molecule has 0 radical (unpaired) electrons. The Kier molecular flexibility index (Phi) is 2.51. The zero-order valence-corrected chi connectivity index (χ0v) is 11.6. The fourth-order valence-electron chi connectivity index (χ4n) is 3.05. The van der Waals surface area contributed by atoms with E-state index in [2.05, 4.69) is 55.4 Å². The second-order valence-corrected chi connectivity index (χ2v) is 5.52. The quantitative estimate of drug-likeness (QED) is 0.704. The van der Waals surface area contributed by atoms with Crippen molar-refractivity contribution in [3.63, 3.8) is 0 Å². The Labute approximate surface area is 108 Å². The molecule has 0 spiro atoms. The van der Waals surface area contributed by atoms with Crippen molar-refractivity contribution < 1.29 is 4.57 Å². The number of benzene rings is 1. The number of aryl methyl sites for hydroxylation is 4. The molecule has 18 heavy (non-hydrogen) atoms. The van der Waals surface area contributed by atoms with E-state index < -0.39 is 0 Å². The maximum Gasteiger partial charge on any atom is 0.278 e. The van der Waals surface area contributed by atoms with Gasteiger partial charge in [-0.25, -0.2) is 4.57 Å². The van der Waals surface area contributed by atoms with Gasteiger partial charge in [0.15, 0.2) is 0 Å². The smallest absolute Gasteiger partial charge is 0.232 e. The summed E-state index contributed by atoms with van der Waals surface area (Å²) in [6.45, 7) is 8.73. The third-order valence-corrected chi connectivity index (χ3v) is 3.88. The van der Waals surface area contributed by atoms with Crippen molar-refractivity contribution in [2.75, 3.05) is 0 Å². The highest BCUT2D eigenvalue weighted by atomic mass is 15.4. The van der Waals surface area contributed by atoms with Crippen molar-refractivity contribution in [2.24, 2.45) is 0 Å². The minimum Gasteiger partial charge on any atom is -0.232 e. The molecule has 0 saturated heterocycles. The van der Waals surface area contributed by atoms with E-state index in [1.54, 1.807) is 0 Å². The van der Waals surface area contributed by atoms with E-state index in [1.165, 1.54) is 34.6 Å². The average molecular weight is 242 g/mol. The molecule has 1 atom stereocenters. The Morgan fingerprint density at radius 1 is 1.22 bits per heavy atom. The molecule has 1 aromatic carbocycles. The summed E-state index contributed by atoms with van der Waals surface area (Å²) < 4.78 is 4.35. The summed E-state index contributed by atoms with van der Waals surface area (Å²) in [7, 11) is 0. The molecule has 1 aliphatic heterocycles. The summed E-state index contributed by atoms with van der Waals surface area (Å²) in [5.41, 5.74) is 5.13. The summed E-state index contributed by atoms with van der Waals surface area (Å²) in [6.07, 6.45) is 4.46. The summed E-state index contributed by atoms with van der Waals surface area (Å²) in [5, 5.41) is 4.74. The van der Waals surface area contributed by atoms with Gasteiger partial charge >= 0.3 is 0 Å². The van der Waals surface area contributed by atoms with Gasteiger partial charge in [-0.2, -0.15) is 0 Å². The van der Waals surface area contributed by atoms with E-state index >= 15 is 0 Å². The Balaban J connectivity index is 2.14. The summed E-state index contributed by atoms with van der Waals surface area (Å²) in [4.78, 5) is 0. The maximum atomic E-state index is 4.74. The first-order valence-electron chi connectivity index (χ1n) is 6.64. The summed E-state index contributed by atoms with van der Waals surface area (Å²) in [6, 6.07) is 5.03. The molecule has 0 bridgehead atoms. The molecule has 94 valence electrons. The van der Waals surface area contributed by atoms with E-state index in [1.807, 2.05) is 0 Å². The Morgan fingerprint density at radius 2 is 1.89 bits per heavy atom. The van der Waals surface area contributed by atoms with E-state index in [4.69, 9.17) is 5.10 Å². The van der Waals surface area contributed by atoms with Crippen LogP contribution in [0.5, 0.6) is 0 Å². The molecule has 3 nitrogen and oxygen atoms in total. The van der Waals surface area contributed by atoms with Crippen molar-refractivity contribution in [3.8, 4) is 5.69 Å². The first-order chi connectivity index (χ1) is 8.56. The molecule has 3 heteroatoms. The first kappa shape index (κ1) is 11.5. The first-order valence-corrected chi connectivity index (χ1v) is 6.64. The number of fused-ring (bicyclic) bond motifs is 1. The molecule has 3 rings (SSSR count). The van der Waals surface area contributed by atoms with Gasteiger partial charge in [0.2, 0.25) is 6.33 Å². The molecule has 0 fully saturated rings. The molecule has 1 aliphatic rings. The van der Waals surface area contributed by atoms with Crippen molar-refractivity contribution in [1.29, 1.82) is 0 Å². The minimum atomic E-state index is 0.583. The van der Waals surface area contributed by atoms with E-state index in [0.717, 1.165) is 6.42 Å². The molecule has 0 amide bonds. The zero-order valence-electron chi connectivity index (χ0n) is 11.6. The van der Waals surface area contributed by atoms with Crippen LogP contribution >= 0.6 is 0 Å². The third-order valence-electron chi connectivity index (χ3n) is 3.88. The number of aromatic nitrogens is 3. The average Bonchev–Trinajstić information content (AvgIpc) is 2.80. The van der Waals surface area contributed by atoms with E-state index in [-0.39, 0.29) is 0 Å². The van der Waals surface area contributed by atoms with Crippen molar-refractivity contribution in [3.05, 3.63) is 41.0 Å². The molecule has 0 unspecified atom stereocenters. The second-order valence-electron chi connectivity index (χ2n) is 5.52. The van der Waals surface area contributed by atoms with Gasteiger partial charge in [0, 0.05) is 11.5 Å². The normalized spacial score (nSPS) is 18.1. The maximum absolute atomic E-state index is 4.74. The van der Waals surface area contributed by atoms with Gasteiger partial charge in [0.1, 0.15) is 5.69 Å². The van der Waals surface area contributed by atoms with Crippen LogP contribution in [-0.2, 0) is 6.42 Å². The van der Waals surface area contributed by atoms with Crippen LogP contribution in [0.4, 0.5) is 0 Å². The predicted molar refractivity (Wildman–Crippen MR) is 71.0 cm³/mol.